The second kappa shape index (κ2) is 5.62. The van der Waals surface area contributed by atoms with Crippen molar-refractivity contribution in [2.45, 2.75) is 19.4 Å². The van der Waals surface area contributed by atoms with Crippen LogP contribution in [0.1, 0.15) is 13.3 Å². The summed E-state index contributed by atoms with van der Waals surface area (Å²) in [5.74, 6) is 0. The SMILES string of the molecule is CCC(CO)Nc1ccnc2c([N+](=O)[O-])cccc12. The van der Waals surface area contributed by atoms with Crippen LogP contribution in [0.5, 0.6) is 0 Å². The van der Waals surface area contributed by atoms with Crippen LogP contribution in [0.3, 0.4) is 0 Å². The van der Waals surface area contributed by atoms with Crippen molar-refractivity contribution in [3.05, 3.63) is 40.6 Å². The van der Waals surface area contributed by atoms with Gasteiger partial charge in [0.15, 0.2) is 0 Å². The molecule has 19 heavy (non-hydrogen) atoms. The fourth-order valence-corrected chi connectivity index (χ4v) is 1.93. The number of nitro groups is 1. The topological polar surface area (TPSA) is 88.3 Å². The van der Waals surface area contributed by atoms with Crippen molar-refractivity contribution in [1.29, 1.82) is 0 Å². The maximum absolute atomic E-state index is 11.0. The normalized spacial score (nSPS) is 12.3. The van der Waals surface area contributed by atoms with Gasteiger partial charge in [-0.25, -0.2) is 4.98 Å². The molecule has 2 N–H and O–H groups in total. The number of aliphatic hydroxyl groups is 1. The Morgan fingerprint density at radius 2 is 2.26 bits per heavy atom. The number of fused-ring (bicyclic) bond motifs is 1. The molecular formula is C13H15N3O3. The van der Waals surface area contributed by atoms with Gasteiger partial charge in [0.05, 0.1) is 11.5 Å². The van der Waals surface area contributed by atoms with Crippen molar-refractivity contribution < 1.29 is 10.0 Å². The summed E-state index contributed by atoms with van der Waals surface area (Å²) in [4.78, 5) is 14.6. The van der Waals surface area contributed by atoms with E-state index >= 15 is 0 Å². The predicted molar refractivity (Wildman–Crippen MR) is 73.2 cm³/mol. The molecule has 1 aromatic heterocycles. The van der Waals surface area contributed by atoms with E-state index in [1.807, 2.05) is 6.92 Å². The highest BCUT2D eigenvalue weighted by Crippen LogP contribution is 2.28. The van der Waals surface area contributed by atoms with Crippen LogP contribution in [-0.4, -0.2) is 27.7 Å². The summed E-state index contributed by atoms with van der Waals surface area (Å²) >= 11 is 0. The van der Waals surface area contributed by atoms with Crippen molar-refractivity contribution in [2.24, 2.45) is 0 Å². The number of anilines is 1. The minimum atomic E-state index is -0.442. The summed E-state index contributed by atoms with van der Waals surface area (Å²) in [6, 6.07) is 6.52. The van der Waals surface area contributed by atoms with Gasteiger partial charge in [0.25, 0.3) is 5.69 Å². The first kappa shape index (κ1) is 13.2. The largest absolute Gasteiger partial charge is 0.394 e. The summed E-state index contributed by atoms with van der Waals surface area (Å²) < 4.78 is 0. The van der Waals surface area contributed by atoms with E-state index in [4.69, 9.17) is 0 Å². The molecule has 1 heterocycles. The first-order valence-corrected chi connectivity index (χ1v) is 6.07. The zero-order valence-corrected chi connectivity index (χ0v) is 10.5. The molecule has 0 bridgehead atoms. The molecule has 0 aliphatic carbocycles. The van der Waals surface area contributed by atoms with Crippen LogP contribution in [0.25, 0.3) is 10.9 Å². The van der Waals surface area contributed by atoms with Crippen molar-refractivity contribution in [3.8, 4) is 0 Å². The third-order valence-electron chi connectivity index (χ3n) is 3.02. The minimum absolute atomic E-state index is 0.00917. The molecule has 100 valence electrons. The van der Waals surface area contributed by atoms with Gasteiger partial charge in [-0.05, 0) is 12.5 Å². The first-order chi connectivity index (χ1) is 9.17. The summed E-state index contributed by atoms with van der Waals surface area (Å²) in [5, 5.41) is 24.0. The van der Waals surface area contributed by atoms with Crippen molar-refractivity contribution >= 4 is 22.3 Å². The van der Waals surface area contributed by atoms with Crippen LogP contribution < -0.4 is 5.32 Å². The average Bonchev–Trinajstić information content (AvgIpc) is 2.44. The smallest absolute Gasteiger partial charge is 0.295 e. The average molecular weight is 261 g/mol. The molecule has 1 aromatic carbocycles. The Morgan fingerprint density at radius 1 is 1.47 bits per heavy atom. The molecule has 1 unspecified atom stereocenters. The van der Waals surface area contributed by atoms with Crippen molar-refractivity contribution in [2.75, 3.05) is 11.9 Å². The highest BCUT2D eigenvalue weighted by Gasteiger charge is 2.15. The third kappa shape index (κ3) is 2.63. The van der Waals surface area contributed by atoms with Gasteiger partial charge in [0.2, 0.25) is 0 Å². The number of para-hydroxylation sites is 1. The lowest BCUT2D eigenvalue weighted by atomic mass is 10.1. The number of rotatable bonds is 5. The Balaban J connectivity index is 2.51. The van der Waals surface area contributed by atoms with Gasteiger partial charge in [-0.1, -0.05) is 19.1 Å². The maximum atomic E-state index is 11.0. The van der Waals surface area contributed by atoms with Crippen LogP contribution >= 0.6 is 0 Å². The highest BCUT2D eigenvalue weighted by molar-refractivity contribution is 5.96. The molecule has 6 heteroatoms. The molecule has 0 saturated carbocycles. The summed E-state index contributed by atoms with van der Waals surface area (Å²) in [6.45, 7) is 1.97. The Bertz CT molecular complexity index is 597. The summed E-state index contributed by atoms with van der Waals surface area (Å²) in [7, 11) is 0. The van der Waals surface area contributed by atoms with Gasteiger partial charge >= 0.3 is 0 Å². The lowest BCUT2D eigenvalue weighted by molar-refractivity contribution is -0.383. The Labute approximate surface area is 110 Å². The Hall–Kier alpha value is -2.21. The van der Waals surface area contributed by atoms with E-state index in [0.29, 0.717) is 10.9 Å². The van der Waals surface area contributed by atoms with E-state index in [9.17, 15) is 15.2 Å². The van der Waals surface area contributed by atoms with Gasteiger partial charge in [0, 0.05) is 29.4 Å². The molecule has 2 rings (SSSR count). The highest BCUT2D eigenvalue weighted by atomic mass is 16.6. The van der Waals surface area contributed by atoms with Crippen LogP contribution in [0.15, 0.2) is 30.5 Å². The zero-order chi connectivity index (χ0) is 13.8. The van der Waals surface area contributed by atoms with Gasteiger partial charge in [-0.2, -0.15) is 0 Å². The number of nitro benzene ring substituents is 1. The molecule has 0 radical (unpaired) electrons. The van der Waals surface area contributed by atoms with E-state index < -0.39 is 4.92 Å². The van der Waals surface area contributed by atoms with Gasteiger partial charge in [-0.3, -0.25) is 10.1 Å². The van der Waals surface area contributed by atoms with Crippen LogP contribution in [0.4, 0.5) is 11.4 Å². The van der Waals surface area contributed by atoms with Gasteiger partial charge < -0.3 is 10.4 Å². The molecule has 6 nitrogen and oxygen atoms in total. The zero-order valence-electron chi connectivity index (χ0n) is 10.5. The predicted octanol–water partition coefficient (Wildman–Crippen LogP) is 2.33. The fraction of sp³-hybridized carbons (Fsp3) is 0.308. The molecule has 1 atom stereocenters. The van der Waals surface area contributed by atoms with E-state index in [-0.39, 0.29) is 18.3 Å². The molecule has 0 aliphatic rings. The maximum Gasteiger partial charge on any atom is 0.295 e. The number of aromatic nitrogens is 1. The fourth-order valence-electron chi connectivity index (χ4n) is 1.93. The lowest BCUT2D eigenvalue weighted by Gasteiger charge is -2.16. The van der Waals surface area contributed by atoms with Crippen LogP contribution in [0, 0.1) is 10.1 Å². The number of benzene rings is 1. The number of hydrogen-bond donors (Lipinski definition) is 2. The van der Waals surface area contributed by atoms with Gasteiger partial charge in [0.1, 0.15) is 5.52 Å². The molecular weight excluding hydrogens is 246 g/mol. The van der Waals surface area contributed by atoms with E-state index in [0.717, 1.165) is 12.1 Å². The lowest BCUT2D eigenvalue weighted by Crippen LogP contribution is -2.22. The van der Waals surface area contributed by atoms with E-state index in [1.54, 1.807) is 18.2 Å². The van der Waals surface area contributed by atoms with E-state index in [1.165, 1.54) is 12.3 Å². The number of hydrogen-bond acceptors (Lipinski definition) is 5. The number of nitrogens with one attached hydrogen (secondary N) is 1. The number of pyridine rings is 1. The van der Waals surface area contributed by atoms with Crippen molar-refractivity contribution in [1.82, 2.24) is 4.98 Å². The summed E-state index contributed by atoms with van der Waals surface area (Å²) in [6.07, 6.45) is 2.29. The molecule has 2 aromatic rings. The monoisotopic (exact) mass is 261 g/mol. The van der Waals surface area contributed by atoms with Crippen LogP contribution in [-0.2, 0) is 0 Å². The first-order valence-electron chi connectivity index (χ1n) is 6.07. The van der Waals surface area contributed by atoms with E-state index in [2.05, 4.69) is 10.3 Å². The molecule has 0 fully saturated rings. The third-order valence-corrected chi connectivity index (χ3v) is 3.02. The molecule has 0 amide bonds. The van der Waals surface area contributed by atoms with Gasteiger partial charge in [-0.15, -0.1) is 0 Å². The second-order valence-corrected chi connectivity index (χ2v) is 4.22. The summed E-state index contributed by atoms with van der Waals surface area (Å²) in [5.41, 5.74) is 1.08. The Morgan fingerprint density at radius 3 is 2.89 bits per heavy atom. The number of non-ortho nitro benzene ring substituents is 1. The second-order valence-electron chi connectivity index (χ2n) is 4.22. The van der Waals surface area contributed by atoms with Crippen molar-refractivity contribution in [3.63, 3.8) is 0 Å². The quantitative estimate of drug-likeness (QED) is 0.637. The number of nitrogens with zero attached hydrogens (tertiary/aromatic N) is 2. The standard InChI is InChI=1S/C13H15N3O3/c1-2-9(8-17)15-11-6-7-14-13-10(11)4-3-5-12(13)16(18)19/h3-7,9,17H,2,8H2,1H3,(H,14,15). The molecule has 0 aliphatic heterocycles. The molecule has 0 spiro atoms. The van der Waals surface area contributed by atoms with Crippen LogP contribution in [0.2, 0.25) is 0 Å². The number of aliphatic hydroxyl groups excluding tert-OH is 1. The minimum Gasteiger partial charge on any atom is -0.394 e. The Kier molecular flexibility index (Phi) is 3.91. The molecule has 0 saturated heterocycles.